The van der Waals surface area contributed by atoms with Crippen molar-refractivity contribution < 1.29 is 9.53 Å². The fourth-order valence-corrected chi connectivity index (χ4v) is 5.55. The molecule has 1 aromatic carbocycles. The number of para-hydroxylation sites is 1. The van der Waals surface area contributed by atoms with Crippen LogP contribution in [0.4, 0.5) is 5.69 Å². The number of hydrogen-bond donors (Lipinski definition) is 1. The molecule has 0 saturated carbocycles. The van der Waals surface area contributed by atoms with E-state index in [2.05, 4.69) is 25.2 Å². The number of amides is 1. The van der Waals surface area contributed by atoms with Crippen molar-refractivity contribution in [2.45, 2.75) is 44.5 Å². The van der Waals surface area contributed by atoms with E-state index in [4.69, 9.17) is 4.74 Å². The van der Waals surface area contributed by atoms with Crippen LogP contribution < -0.4 is 5.32 Å². The molecule has 1 aliphatic rings. The lowest BCUT2D eigenvalue weighted by Gasteiger charge is -2.14. The van der Waals surface area contributed by atoms with Crippen LogP contribution in [0, 0.1) is 13.8 Å². The van der Waals surface area contributed by atoms with Crippen LogP contribution in [0.15, 0.2) is 53.0 Å². The van der Waals surface area contributed by atoms with Gasteiger partial charge in [0.25, 0.3) is 0 Å². The highest BCUT2D eigenvalue weighted by atomic mass is 32.2. The number of hydrogen-bond acceptors (Lipinski definition) is 7. The molecule has 4 heterocycles. The maximum absolute atomic E-state index is 12.9. The van der Waals surface area contributed by atoms with Gasteiger partial charge in [-0.05, 0) is 50.3 Å². The van der Waals surface area contributed by atoms with Crippen molar-refractivity contribution in [2.75, 3.05) is 17.7 Å². The maximum Gasteiger partial charge on any atom is 0.234 e. The minimum absolute atomic E-state index is 0.104. The Morgan fingerprint density at radius 3 is 2.79 bits per heavy atom. The molecule has 10 heteroatoms. The average Bonchev–Trinajstić information content (AvgIpc) is 3.65. The molecular formula is C24H26N6O2S2. The maximum atomic E-state index is 12.9. The Labute approximate surface area is 206 Å². The van der Waals surface area contributed by atoms with Crippen molar-refractivity contribution in [3.05, 3.63) is 59.2 Å². The van der Waals surface area contributed by atoms with Crippen LogP contribution in [0.25, 0.3) is 16.4 Å². The molecule has 1 fully saturated rings. The summed E-state index contributed by atoms with van der Waals surface area (Å²) in [5, 5.41) is 19.2. The van der Waals surface area contributed by atoms with Gasteiger partial charge in [-0.3, -0.25) is 9.36 Å². The average molecular weight is 495 g/mol. The Bertz CT molecular complexity index is 1260. The van der Waals surface area contributed by atoms with E-state index in [0.717, 1.165) is 58.1 Å². The van der Waals surface area contributed by atoms with E-state index < -0.39 is 0 Å². The third-order valence-electron chi connectivity index (χ3n) is 5.76. The van der Waals surface area contributed by atoms with Gasteiger partial charge in [0.05, 0.1) is 46.0 Å². The zero-order chi connectivity index (χ0) is 23.5. The minimum Gasteiger partial charge on any atom is -0.376 e. The molecule has 8 nitrogen and oxygen atoms in total. The molecule has 0 spiro atoms. The number of ether oxygens (including phenoxy) is 1. The van der Waals surface area contributed by atoms with Crippen molar-refractivity contribution >= 4 is 34.7 Å². The van der Waals surface area contributed by atoms with E-state index in [1.165, 1.54) is 11.8 Å². The lowest BCUT2D eigenvalue weighted by molar-refractivity contribution is -0.113. The molecule has 0 bridgehead atoms. The van der Waals surface area contributed by atoms with Crippen molar-refractivity contribution in [1.82, 2.24) is 24.5 Å². The molecule has 34 heavy (non-hydrogen) atoms. The monoisotopic (exact) mass is 494 g/mol. The predicted molar refractivity (Wildman–Crippen MR) is 135 cm³/mol. The summed E-state index contributed by atoms with van der Waals surface area (Å²) in [6.45, 7) is 5.34. The summed E-state index contributed by atoms with van der Waals surface area (Å²) in [6.07, 6.45) is 2.25. The Morgan fingerprint density at radius 2 is 2.06 bits per heavy atom. The molecule has 1 saturated heterocycles. The van der Waals surface area contributed by atoms with Gasteiger partial charge in [0.2, 0.25) is 5.91 Å². The summed E-state index contributed by atoms with van der Waals surface area (Å²) in [7, 11) is 0. The van der Waals surface area contributed by atoms with Gasteiger partial charge in [0.15, 0.2) is 11.0 Å². The molecule has 5 rings (SSSR count). The zero-order valence-electron chi connectivity index (χ0n) is 19.1. The van der Waals surface area contributed by atoms with E-state index in [0.29, 0.717) is 6.54 Å². The number of thiophene rings is 1. The van der Waals surface area contributed by atoms with Crippen LogP contribution >= 0.6 is 23.1 Å². The van der Waals surface area contributed by atoms with Gasteiger partial charge in [-0.25, -0.2) is 4.68 Å². The number of carbonyl (C=O) groups excluding carboxylic acids is 1. The van der Waals surface area contributed by atoms with Gasteiger partial charge in [-0.2, -0.15) is 5.10 Å². The summed E-state index contributed by atoms with van der Waals surface area (Å²) in [6, 6.07) is 13.9. The van der Waals surface area contributed by atoms with E-state index in [1.807, 2.05) is 66.4 Å². The molecule has 1 N–H and O–H groups in total. The first-order valence-electron chi connectivity index (χ1n) is 11.2. The molecule has 176 valence electrons. The Hall–Kier alpha value is -2.95. The minimum atomic E-state index is -0.104. The highest BCUT2D eigenvalue weighted by Crippen LogP contribution is 2.29. The quantitative estimate of drug-likeness (QED) is 0.357. The predicted octanol–water partition coefficient (Wildman–Crippen LogP) is 4.72. The molecule has 3 aromatic heterocycles. The van der Waals surface area contributed by atoms with Crippen LogP contribution in [0.1, 0.15) is 24.2 Å². The van der Waals surface area contributed by atoms with Gasteiger partial charge in [-0.1, -0.05) is 36.0 Å². The molecule has 0 aliphatic carbocycles. The van der Waals surface area contributed by atoms with E-state index in [1.54, 1.807) is 11.3 Å². The van der Waals surface area contributed by atoms with Crippen LogP contribution in [0.3, 0.4) is 0 Å². The van der Waals surface area contributed by atoms with Crippen molar-refractivity contribution in [1.29, 1.82) is 0 Å². The summed E-state index contributed by atoms with van der Waals surface area (Å²) in [5.74, 6) is 0.945. The zero-order valence-corrected chi connectivity index (χ0v) is 20.7. The van der Waals surface area contributed by atoms with Crippen LogP contribution in [0.2, 0.25) is 0 Å². The second-order valence-corrected chi connectivity index (χ2v) is 10.0. The van der Waals surface area contributed by atoms with Gasteiger partial charge < -0.3 is 10.1 Å². The van der Waals surface area contributed by atoms with Gasteiger partial charge in [0.1, 0.15) is 0 Å². The Kier molecular flexibility index (Phi) is 6.80. The SMILES string of the molecule is Cc1nn(-c2ccccc2)c(C)c1NC(=O)CSc1nnc(-c2cccs2)n1CC1CCCO1. The van der Waals surface area contributed by atoms with Gasteiger partial charge in [-0.15, -0.1) is 21.5 Å². The highest BCUT2D eigenvalue weighted by molar-refractivity contribution is 7.99. The number of benzene rings is 1. The fraction of sp³-hybridized carbons (Fsp3) is 0.333. The smallest absolute Gasteiger partial charge is 0.234 e. The first kappa shape index (κ1) is 22.8. The van der Waals surface area contributed by atoms with Crippen molar-refractivity contribution in [2.24, 2.45) is 0 Å². The Morgan fingerprint density at radius 1 is 1.21 bits per heavy atom. The fourth-order valence-electron chi connectivity index (χ4n) is 4.09. The molecule has 0 radical (unpaired) electrons. The number of nitrogens with one attached hydrogen (secondary N) is 1. The topological polar surface area (TPSA) is 86.9 Å². The van der Waals surface area contributed by atoms with Gasteiger partial charge in [0, 0.05) is 6.61 Å². The summed E-state index contributed by atoms with van der Waals surface area (Å²) < 4.78 is 9.79. The summed E-state index contributed by atoms with van der Waals surface area (Å²) >= 11 is 3.02. The first-order valence-corrected chi connectivity index (χ1v) is 13.1. The number of thioether (sulfide) groups is 1. The highest BCUT2D eigenvalue weighted by Gasteiger charge is 2.23. The second kappa shape index (κ2) is 10.1. The van der Waals surface area contributed by atoms with E-state index in [9.17, 15) is 4.79 Å². The molecular weight excluding hydrogens is 468 g/mol. The molecule has 1 atom stereocenters. The van der Waals surface area contributed by atoms with Crippen LogP contribution in [-0.2, 0) is 16.1 Å². The third-order valence-corrected chi connectivity index (χ3v) is 7.59. The Balaban J connectivity index is 1.30. The lowest BCUT2D eigenvalue weighted by atomic mass is 10.2. The van der Waals surface area contributed by atoms with E-state index >= 15 is 0 Å². The number of carbonyl (C=O) groups is 1. The second-order valence-electron chi connectivity index (χ2n) is 8.16. The summed E-state index contributed by atoms with van der Waals surface area (Å²) in [4.78, 5) is 13.9. The lowest BCUT2D eigenvalue weighted by Crippen LogP contribution is -2.18. The third kappa shape index (κ3) is 4.79. The first-order chi connectivity index (χ1) is 16.6. The normalized spacial score (nSPS) is 15.6. The van der Waals surface area contributed by atoms with Gasteiger partial charge >= 0.3 is 0 Å². The molecule has 1 amide bonds. The van der Waals surface area contributed by atoms with Crippen LogP contribution in [-0.4, -0.2) is 48.9 Å². The number of aryl methyl sites for hydroxylation is 1. The van der Waals surface area contributed by atoms with Crippen molar-refractivity contribution in [3.8, 4) is 16.4 Å². The van der Waals surface area contributed by atoms with Crippen LogP contribution in [0.5, 0.6) is 0 Å². The number of anilines is 1. The molecule has 1 unspecified atom stereocenters. The standard InChI is InChI=1S/C24H26N6O2S2/c1-16-22(17(2)30(28-16)18-8-4-3-5-9-18)25-21(31)15-34-24-27-26-23(20-11-7-13-33-20)29(24)14-19-10-6-12-32-19/h3-5,7-9,11,13,19H,6,10,12,14-15H2,1-2H3,(H,25,31). The van der Waals surface area contributed by atoms with E-state index in [-0.39, 0.29) is 17.8 Å². The largest absolute Gasteiger partial charge is 0.376 e. The number of rotatable bonds is 8. The van der Waals surface area contributed by atoms with Crippen molar-refractivity contribution in [3.63, 3.8) is 0 Å². The molecule has 1 aliphatic heterocycles. The molecule has 4 aromatic rings. The number of nitrogens with zero attached hydrogens (tertiary/aromatic N) is 5. The number of aromatic nitrogens is 5. The summed E-state index contributed by atoms with van der Waals surface area (Å²) in [5.41, 5.74) is 3.38.